The van der Waals surface area contributed by atoms with E-state index >= 15 is 0 Å². The summed E-state index contributed by atoms with van der Waals surface area (Å²) in [7, 11) is 0. The summed E-state index contributed by atoms with van der Waals surface area (Å²) in [6.07, 6.45) is 2.81. The molecule has 0 radical (unpaired) electrons. The molecule has 0 bridgehead atoms. The van der Waals surface area contributed by atoms with Gasteiger partial charge in [0, 0.05) is 0 Å². The van der Waals surface area contributed by atoms with Crippen molar-refractivity contribution in [1.29, 1.82) is 0 Å². The molecule has 45 heavy (non-hydrogen) atoms. The summed E-state index contributed by atoms with van der Waals surface area (Å²) >= 11 is 0. The Labute approximate surface area is 285 Å². The van der Waals surface area contributed by atoms with Gasteiger partial charge in [-0.3, -0.25) is 0 Å². The fourth-order valence-corrected chi connectivity index (χ4v) is 16.3. The van der Waals surface area contributed by atoms with Crippen molar-refractivity contribution in [3.8, 4) is 0 Å². The van der Waals surface area contributed by atoms with Gasteiger partial charge in [-0.1, -0.05) is 138 Å². The van der Waals surface area contributed by atoms with Crippen molar-refractivity contribution in [2.24, 2.45) is 135 Å². The number of hydrogen-bond acceptors (Lipinski definition) is 0. The van der Waals surface area contributed by atoms with Gasteiger partial charge in [-0.05, 0) is 147 Å². The Hall–Kier alpha value is 0. The van der Waals surface area contributed by atoms with Gasteiger partial charge < -0.3 is 0 Å². The van der Waals surface area contributed by atoms with Crippen LogP contribution in [0, 0.1) is 135 Å². The maximum Gasteiger partial charge on any atom is -0.0151 e. The van der Waals surface area contributed by atoms with Gasteiger partial charge in [0.05, 0.1) is 0 Å². The lowest BCUT2D eigenvalue weighted by Gasteiger charge is -2.77. The molecule has 4 fully saturated rings. The molecule has 0 heteroatoms. The summed E-state index contributed by atoms with van der Waals surface area (Å²) in [5.41, 5.74) is 0.781. The van der Waals surface area contributed by atoms with E-state index in [2.05, 4.69) is 138 Å². The van der Waals surface area contributed by atoms with Crippen molar-refractivity contribution < 1.29 is 0 Å². The van der Waals surface area contributed by atoms with Crippen LogP contribution >= 0.6 is 0 Å². The van der Waals surface area contributed by atoms with Crippen LogP contribution in [0.3, 0.4) is 0 Å². The third-order valence-electron chi connectivity index (χ3n) is 20.1. The van der Waals surface area contributed by atoms with Crippen LogP contribution in [0.4, 0.5) is 0 Å². The highest BCUT2D eigenvalue weighted by atomic mass is 14.8. The standard InChI is InChI=1S/C45H84/c1-23-21-24(2)38(16)44(37(23)15,41-33(11)29(7)27(5)30(8)34(41)12)43(19,20)45(39(17)25(3)22-26(4)40(45)18)42-35(13)31(9)28(6)32(10)36(42)14/h23-42H,21-22H2,1-20H3. The molecule has 0 spiro atoms. The molecule has 0 saturated heterocycles. The normalized spacial score (nSPS) is 60.0. The molecular weight excluding hydrogens is 540 g/mol. The Morgan fingerprint density at radius 2 is 0.489 bits per heavy atom. The van der Waals surface area contributed by atoms with E-state index in [-0.39, 0.29) is 5.41 Å². The van der Waals surface area contributed by atoms with Crippen LogP contribution in [0.25, 0.3) is 0 Å². The first-order valence-electron chi connectivity index (χ1n) is 20.6. The van der Waals surface area contributed by atoms with E-state index < -0.39 is 0 Å². The Bertz CT molecular complexity index is 866. The minimum Gasteiger partial charge on any atom is -0.0622 e. The van der Waals surface area contributed by atoms with Crippen LogP contribution in [0.15, 0.2) is 0 Å². The van der Waals surface area contributed by atoms with Gasteiger partial charge in [-0.15, -0.1) is 0 Å². The molecule has 0 nitrogen and oxygen atoms in total. The summed E-state index contributed by atoms with van der Waals surface area (Å²) in [6.45, 7) is 54.5. The summed E-state index contributed by atoms with van der Waals surface area (Å²) in [4.78, 5) is 0. The molecular formula is C45H84. The summed E-state index contributed by atoms with van der Waals surface area (Å²) in [5, 5.41) is 0. The van der Waals surface area contributed by atoms with Gasteiger partial charge in [0.25, 0.3) is 0 Å². The van der Waals surface area contributed by atoms with Crippen LogP contribution in [-0.2, 0) is 0 Å². The first-order valence-corrected chi connectivity index (χ1v) is 20.6. The average molecular weight is 625 g/mol. The van der Waals surface area contributed by atoms with E-state index in [0.29, 0.717) is 10.8 Å². The van der Waals surface area contributed by atoms with Gasteiger partial charge in [-0.25, -0.2) is 0 Å². The van der Waals surface area contributed by atoms with Gasteiger partial charge in [-0.2, -0.15) is 0 Å². The highest BCUT2D eigenvalue weighted by Gasteiger charge is 2.74. The average Bonchev–Trinajstić information content (AvgIpc) is 2.98. The molecule has 4 aliphatic carbocycles. The molecule has 264 valence electrons. The molecule has 4 rings (SSSR count). The smallest absolute Gasteiger partial charge is 0.0151 e. The Morgan fingerprint density at radius 1 is 0.311 bits per heavy atom. The molecule has 16 atom stereocenters. The van der Waals surface area contributed by atoms with Crippen molar-refractivity contribution in [2.45, 2.75) is 151 Å². The molecule has 16 unspecified atom stereocenters. The lowest BCUT2D eigenvalue weighted by Crippen LogP contribution is -2.73. The molecule has 0 heterocycles. The second kappa shape index (κ2) is 12.7. The molecule has 0 aliphatic heterocycles. The lowest BCUT2D eigenvalue weighted by molar-refractivity contribution is -0.304. The van der Waals surface area contributed by atoms with E-state index in [1.165, 1.54) is 12.8 Å². The Balaban J connectivity index is 2.17. The summed E-state index contributed by atoms with van der Waals surface area (Å²) in [6, 6.07) is 0. The predicted molar refractivity (Wildman–Crippen MR) is 200 cm³/mol. The predicted octanol–water partition coefficient (Wildman–Crippen LogP) is 13.5. The fourth-order valence-electron chi connectivity index (χ4n) is 16.3. The van der Waals surface area contributed by atoms with Crippen LogP contribution in [0.1, 0.15) is 151 Å². The van der Waals surface area contributed by atoms with Crippen molar-refractivity contribution in [3.63, 3.8) is 0 Å². The Kier molecular flexibility index (Phi) is 10.7. The van der Waals surface area contributed by atoms with Crippen molar-refractivity contribution in [3.05, 3.63) is 0 Å². The van der Waals surface area contributed by atoms with Gasteiger partial charge in [0.2, 0.25) is 0 Å². The molecule has 0 amide bonds. The van der Waals surface area contributed by atoms with Crippen LogP contribution in [0.5, 0.6) is 0 Å². The van der Waals surface area contributed by atoms with E-state index in [1.807, 2.05) is 0 Å². The molecule has 0 N–H and O–H groups in total. The molecule has 4 aliphatic rings. The number of rotatable bonds is 4. The molecule has 0 aromatic heterocycles. The zero-order valence-corrected chi connectivity index (χ0v) is 34.5. The minimum atomic E-state index is 0.198. The van der Waals surface area contributed by atoms with E-state index in [4.69, 9.17) is 0 Å². The minimum absolute atomic E-state index is 0.198. The largest absolute Gasteiger partial charge is 0.0622 e. The van der Waals surface area contributed by atoms with Crippen LogP contribution < -0.4 is 0 Å². The van der Waals surface area contributed by atoms with Gasteiger partial charge in [0.1, 0.15) is 0 Å². The van der Waals surface area contributed by atoms with Gasteiger partial charge >= 0.3 is 0 Å². The van der Waals surface area contributed by atoms with E-state index in [1.54, 1.807) is 0 Å². The zero-order chi connectivity index (χ0) is 34.5. The monoisotopic (exact) mass is 625 g/mol. The zero-order valence-electron chi connectivity index (χ0n) is 34.5. The van der Waals surface area contributed by atoms with Crippen molar-refractivity contribution in [2.75, 3.05) is 0 Å². The molecule has 0 aromatic rings. The quantitative estimate of drug-likeness (QED) is 0.292. The van der Waals surface area contributed by atoms with Crippen molar-refractivity contribution >= 4 is 0 Å². The highest BCUT2D eigenvalue weighted by Crippen LogP contribution is 2.79. The third-order valence-corrected chi connectivity index (χ3v) is 20.1. The topological polar surface area (TPSA) is 0 Å². The first kappa shape index (κ1) is 37.8. The molecule has 0 aromatic carbocycles. The summed E-state index contributed by atoms with van der Waals surface area (Å²) < 4.78 is 0. The third kappa shape index (κ3) is 4.89. The van der Waals surface area contributed by atoms with E-state index in [0.717, 1.165) is 118 Å². The molecule has 4 saturated carbocycles. The van der Waals surface area contributed by atoms with Crippen LogP contribution in [0.2, 0.25) is 0 Å². The number of hydrogen-bond donors (Lipinski definition) is 0. The van der Waals surface area contributed by atoms with E-state index in [9.17, 15) is 0 Å². The highest BCUT2D eigenvalue weighted by molar-refractivity contribution is 5.21. The maximum absolute atomic E-state index is 2.95. The SMILES string of the molecule is CC1CC(C)C(C)C(C2C(C)C(C)C(C)C(C)C2C)(C(C)(C)C2(C3C(C)C(C)C(C)C(C)C3C)C(C)C(C)CC(C)C2C)C1C. The summed E-state index contributed by atoms with van der Waals surface area (Å²) in [5.74, 6) is 15.3. The van der Waals surface area contributed by atoms with Crippen LogP contribution in [-0.4, -0.2) is 0 Å². The Morgan fingerprint density at radius 3 is 0.689 bits per heavy atom. The second-order valence-corrected chi connectivity index (χ2v) is 20.7. The van der Waals surface area contributed by atoms with Crippen molar-refractivity contribution in [1.82, 2.24) is 0 Å². The first-order chi connectivity index (χ1) is 20.6. The maximum atomic E-state index is 2.95. The second-order valence-electron chi connectivity index (χ2n) is 20.7. The fraction of sp³-hybridized carbons (Fsp3) is 1.00. The van der Waals surface area contributed by atoms with Gasteiger partial charge in [0.15, 0.2) is 0 Å². The lowest BCUT2D eigenvalue weighted by atomic mass is 9.27.